The van der Waals surface area contributed by atoms with Crippen molar-refractivity contribution >= 4 is 27.5 Å². The van der Waals surface area contributed by atoms with Crippen molar-refractivity contribution in [2.75, 3.05) is 43.0 Å². The standard InChI is InChI=1S/C20H23NO5S2/c22-28(23,18-5-2-1-3-6-18)21-9-12-27-20-8-7-16(13-19(20)21)25-10-4-11-26-17-14-24-15-17/h1-3,5-8,13,17H,4,9-12,14-15H2. The van der Waals surface area contributed by atoms with E-state index in [0.717, 1.165) is 17.1 Å². The molecule has 1 saturated heterocycles. The highest BCUT2D eigenvalue weighted by Crippen LogP contribution is 2.39. The molecule has 28 heavy (non-hydrogen) atoms. The Hall–Kier alpha value is -1.74. The van der Waals surface area contributed by atoms with Gasteiger partial charge in [0.2, 0.25) is 0 Å². The van der Waals surface area contributed by atoms with Gasteiger partial charge in [0.05, 0.1) is 37.0 Å². The molecule has 0 atom stereocenters. The fraction of sp³-hybridized carbons (Fsp3) is 0.400. The molecule has 2 aliphatic heterocycles. The van der Waals surface area contributed by atoms with Gasteiger partial charge in [0.1, 0.15) is 11.9 Å². The van der Waals surface area contributed by atoms with Crippen molar-refractivity contribution in [1.29, 1.82) is 0 Å². The Bertz CT molecular complexity index is 900. The zero-order valence-electron chi connectivity index (χ0n) is 15.5. The van der Waals surface area contributed by atoms with Crippen molar-refractivity contribution in [3.8, 4) is 5.75 Å². The lowest BCUT2D eigenvalue weighted by Gasteiger charge is -2.30. The Morgan fingerprint density at radius 3 is 2.68 bits per heavy atom. The Morgan fingerprint density at radius 2 is 1.93 bits per heavy atom. The molecule has 0 unspecified atom stereocenters. The normalized spacial score (nSPS) is 17.1. The van der Waals surface area contributed by atoms with Crippen LogP contribution in [-0.4, -0.2) is 53.2 Å². The van der Waals surface area contributed by atoms with Gasteiger partial charge in [0.25, 0.3) is 10.0 Å². The molecule has 4 rings (SSSR count). The molecule has 1 fully saturated rings. The van der Waals surface area contributed by atoms with Crippen molar-refractivity contribution in [2.45, 2.75) is 22.3 Å². The van der Waals surface area contributed by atoms with Crippen LogP contribution in [0, 0.1) is 0 Å². The molecule has 0 aliphatic carbocycles. The smallest absolute Gasteiger partial charge is 0.264 e. The molecule has 6 nitrogen and oxygen atoms in total. The molecule has 0 N–H and O–H groups in total. The number of hydrogen-bond donors (Lipinski definition) is 0. The summed E-state index contributed by atoms with van der Waals surface area (Å²) in [7, 11) is -3.59. The van der Waals surface area contributed by atoms with Gasteiger partial charge in [-0.05, 0) is 24.3 Å². The maximum absolute atomic E-state index is 13.1. The van der Waals surface area contributed by atoms with Gasteiger partial charge < -0.3 is 14.2 Å². The summed E-state index contributed by atoms with van der Waals surface area (Å²) in [6.07, 6.45) is 0.992. The van der Waals surface area contributed by atoms with Crippen LogP contribution in [0.4, 0.5) is 5.69 Å². The minimum absolute atomic E-state index is 0.220. The van der Waals surface area contributed by atoms with Crippen molar-refractivity contribution < 1.29 is 22.6 Å². The van der Waals surface area contributed by atoms with Crippen molar-refractivity contribution in [1.82, 2.24) is 0 Å². The fourth-order valence-electron chi connectivity index (χ4n) is 3.04. The maximum atomic E-state index is 13.1. The largest absolute Gasteiger partial charge is 0.493 e. The van der Waals surface area contributed by atoms with Gasteiger partial charge in [-0.3, -0.25) is 4.31 Å². The van der Waals surface area contributed by atoms with E-state index in [1.807, 2.05) is 24.3 Å². The lowest BCUT2D eigenvalue weighted by atomic mass is 10.3. The minimum Gasteiger partial charge on any atom is -0.493 e. The van der Waals surface area contributed by atoms with Crippen molar-refractivity contribution in [3.63, 3.8) is 0 Å². The van der Waals surface area contributed by atoms with E-state index in [1.54, 1.807) is 36.0 Å². The summed E-state index contributed by atoms with van der Waals surface area (Å²) in [6.45, 7) is 2.94. The van der Waals surface area contributed by atoms with E-state index in [1.165, 1.54) is 4.31 Å². The van der Waals surface area contributed by atoms with Gasteiger partial charge in [0, 0.05) is 29.7 Å². The van der Waals surface area contributed by atoms with E-state index in [4.69, 9.17) is 14.2 Å². The molecular formula is C20H23NO5S2. The minimum atomic E-state index is -3.59. The zero-order chi connectivity index (χ0) is 19.4. The van der Waals surface area contributed by atoms with Gasteiger partial charge in [-0.2, -0.15) is 0 Å². The Balaban J connectivity index is 1.44. The van der Waals surface area contributed by atoms with Crippen molar-refractivity contribution in [2.24, 2.45) is 0 Å². The van der Waals surface area contributed by atoms with Gasteiger partial charge in [-0.1, -0.05) is 18.2 Å². The summed E-state index contributed by atoms with van der Waals surface area (Å²) < 4.78 is 44.2. The van der Waals surface area contributed by atoms with E-state index in [-0.39, 0.29) is 6.10 Å². The second-order valence-electron chi connectivity index (χ2n) is 6.60. The number of nitrogens with zero attached hydrogens (tertiary/aromatic N) is 1. The predicted octanol–water partition coefficient (Wildman–Crippen LogP) is 3.17. The average Bonchev–Trinajstić information content (AvgIpc) is 2.69. The van der Waals surface area contributed by atoms with Crippen LogP contribution in [-0.2, 0) is 19.5 Å². The summed E-state index contributed by atoms with van der Waals surface area (Å²) in [6, 6.07) is 14.2. The Labute approximate surface area is 169 Å². The zero-order valence-corrected chi connectivity index (χ0v) is 17.1. The summed E-state index contributed by atoms with van der Waals surface area (Å²) in [5.74, 6) is 1.39. The highest BCUT2D eigenvalue weighted by molar-refractivity contribution is 8.00. The monoisotopic (exact) mass is 421 g/mol. The van der Waals surface area contributed by atoms with Gasteiger partial charge in [-0.25, -0.2) is 8.42 Å². The van der Waals surface area contributed by atoms with E-state index < -0.39 is 10.0 Å². The van der Waals surface area contributed by atoms with Crippen LogP contribution in [0.5, 0.6) is 5.75 Å². The molecule has 2 aliphatic rings. The van der Waals surface area contributed by atoms with Crippen molar-refractivity contribution in [3.05, 3.63) is 48.5 Å². The third-order valence-corrected chi connectivity index (χ3v) is 7.47. The molecule has 2 heterocycles. The summed E-state index contributed by atoms with van der Waals surface area (Å²) in [5.41, 5.74) is 0.681. The van der Waals surface area contributed by atoms with E-state index >= 15 is 0 Å². The molecular weight excluding hydrogens is 398 g/mol. The number of benzene rings is 2. The third kappa shape index (κ3) is 4.30. The highest BCUT2D eigenvalue weighted by atomic mass is 32.2. The predicted molar refractivity (Wildman–Crippen MR) is 109 cm³/mol. The van der Waals surface area contributed by atoms with Crippen LogP contribution in [0.2, 0.25) is 0 Å². The Kier molecular flexibility index (Phi) is 6.10. The van der Waals surface area contributed by atoms with E-state index in [9.17, 15) is 8.42 Å². The first-order chi connectivity index (χ1) is 13.6. The van der Waals surface area contributed by atoms with E-state index in [0.29, 0.717) is 49.3 Å². The first kappa shape index (κ1) is 19.6. The van der Waals surface area contributed by atoms with Crippen LogP contribution in [0.1, 0.15) is 6.42 Å². The van der Waals surface area contributed by atoms with Crippen LogP contribution >= 0.6 is 11.8 Å². The average molecular weight is 422 g/mol. The van der Waals surface area contributed by atoms with Crippen LogP contribution in [0.25, 0.3) is 0 Å². The number of rotatable bonds is 8. The second-order valence-corrected chi connectivity index (χ2v) is 9.60. The first-order valence-electron chi connectivity index (χ1n) is 9.31. The third-order valence-electron chi connectivity index (χ3n) is 4.60. The molecule has 0 bridgehead atoms. The lowest BCUT2D eigenvalue weighted by molar-refractivity contribution is -0.130. The quantitative estimate of drug-likeness (QED) is 0.610. The number of sulfonamides is 1. The molecule has 8 heteroatoms. The number of hydrogen-bond acceptors (Lipinski definition) is 6. The Morgan fingerprint density at radius 1 is 1.11 bits per heavy atom. The second kappa shape index (κ2) is 8.73. The molecule has 0 saturated carbocycles. The van der Waals surface area contributed by atoms with Gasteiger partial charge in [-0.15, -0.1) is 11.8 Å². The number of fused-ring (bicyclic) bond motifs is 1. The number of thioether (sulfide) groups is 1. The molecule has 0 radical (unpaired) electrons. The SMILES string of the molecule is O=S(=O)(c1ccccc1)N1CCSc2ccc(OCCCOC3COC3)cc21. The molecule has 0 amide bonds. The molecule has 2 aromatic carbocycles. The first-order valence-corrected chi connectivity index (χ1v) is 11.7. The van der Waals surface area contributed by atoms with Crippen LogP contribution in [0.3, 0.4) is 0 Å². The van der Waals surface area contributed by atoms with Crippen LogP contribution in [0.15, 0.2) is 58.3 Å². The van der Waals surface area contributed by atoms with Gasteiger partial charge in [0.15, 0.2) is 0 Å². The molecule has 2 aromatic rings. The van der Waals surface area contributed by atoms with Crippen LogP contribution < -0.4 is 9.04 Å². The molecule has 150 valence electrons. The number of anilines is 1. The number of ether oxygens (including phenoxy) is 3. The van der Waals surface area contributed by atoms with E-state index in [2.05, 4.69) is 0 Å². The summed E-state index contributed by atoms with van der Waals surface area (Å²) in [4.78, 5) is 1.25. The topological polar surface area (TPSA) is 65.1 Å². The lowest BCUT2D eigenvalue weighted by Crippen LogP contribution is -2.36. The summed E-state index contributed by atoms with van der Waals surface area (Å²) >= 11 is 1.66. The summed E-state index contributed by atoms with van der Waals surface area (Å²) in [5, 5.41) is 0. The molecule has 0 spiro atoms. The maximum Gasteiger partial charge on any atom is 0.264 e. The molecule has 0 aromatic heterocycles. The highest BCUT2D eigenvalue weighted by Gasteiger charge is 2.29. The fourth-order valence-corrected chi connectivity index (χ4v) is 5.69. The van der Waals surface area contributed by atoms with Gasteiger partial charge >= 0.3 is 0 Å².